The first kappa shape index (κ1) is 13.6. The Kier molecular flexibility index (Phi) is 2.69. The van der Waals surface area contributed by atoms with E-state index in [1.165, 1.54) is 32.1 Å². The van der Waals surface area contributed by atoms with Crippen LogP contribution in [0.5, 0.6) is 0 Å². The summed E-state index contributed by atoms with van der Waals surface area (Å²) in [6, 6.07) is 4.99. The zero-order valence-corrected chi connectivity index (χ0v) is 13.4. The molecule has 0 amide bonds. The van der Waals surface area contributed by atoms with Crippen molar-refractivity contribution in [3.05, 3.63) is 34.4 Å². The predicted molar refractivity (Wildman–Crippen MR) is 85.9 cm³/mol. The number of rotatable bonds is 0. The minimum Gasteiger partial charge on any atom is -0.390 e. The van der Waals surface area contributed by atoms with Crippen LogP contribution in [-0.4, -0.2) is 22.4 Å². The highest BCUT2D eigenvalue weighted by Gasteiger charge is 2.57. The second kappa shape index (κ2) is 4.36. The Morgan fingerprint density at radius 3 is 2.55 bits per heavy atom. The van der Waals surface area contributed by atoms with Gasteiger partial charge in [0.05, 0.1) is 12.2 Å². The molecule has 1 aromatic carbocycles. The molecule has 2 nitrogen and oxygen atoms in total. The summed E-state index contributed by atoms with van der Waals surface area (Å²) in [6.07, 6.45) is 7.01. The van der Waals surface area contributed by atoms with Crippen LogP contribution in [-0.2, 0) is 19.3 Å². The maximum atomic E-state index is 10.5. The maximum Gasteiger partial charge on any atom is 0.0855 e. The van der Waals surface area contributed by atoms with E-state index in [0.717, 1.165) is 12.8 Å². The van der Waals surface area contributed by atoms with Crippen LogP contribution in [0, 0.1) is 17.3 Å². The zero-order valence-electron chi connectivity index (χ0n) is 13.4. The number of hydrogen-bond donors (Lipinski definition) is 2. The molecule has 0 unspecified atom stereocenters. The molecule has 0 bridgehead atoms. The zero-order chi connectivity index (χ0) is 15.1. The summed E-state index contributed by atoms with van der Waals surface area (Å²) in [7, 11) is 0. The van der Waals surface area contributed by atoms with Gasteiger partial charge in [-0.05, 0) is 90.4 Å². The molecule has 4 aliphatic rings. The minimum absolute atomic E-state index is 0.0576. The molecule has 0 heterocycles. The molecule has 2 heteroatoms. The number of fused-ring (bicyclic) bond motifs is 6. The molecule has 2 N–H and O–H groups in total. The summed E-state index contributed by atoms with van der Waals surface area (Å²) in [4.78, 5) is 0. The van der Waals surface area contributed by atoms with E-state index >= 15 is 0 Å². The van der Waals surface area contributed by atoms with E-state index in [-0.39, 0.29) is 5.41 Å². The Bertz CT molecular complexity index is 637. The summed E-state index contributed by atoms with van der Waals surface area (Å²) < 4.78 is 0. The molecule has 2 saturated carbocycles. The summed E-state index contributed by atoms with van der Waals surface area (Å²) >= 11 is 0. The van der Waals surface area contributed by atoms with Gasteiger partial charge in [0.2, 0.25) is 0 Å². The second-order valence-electron chi connectivity index (χ2n) is 8.53. The van der Waals surface area contributed by atoms with Crippen molar-refractivity contribution in [3.63, 3.8) is 0 Å². The molecule has 22 heavy (non-hydrogen) atoms. The van der Waals surface area contributed by atoms with Crippen LogP contribution < -0.4 is 0 Å². The Morgan fingerprint density at radius 1 is 1.00 bits per heavy atom. The quantitative estimate of drug-likeness (QED) is 0.773. The normalized spacial score (nSPS) is 45.3. The van der Waals surface area contributed by atoms with Crippen molar-refractivity contribution in [3.8, 4) is 0 Å². The average molecular weight is 298 g/mol. The van der Waals surface area contributed by atoms with Gasteiger partial charge in [0.1, 0.15) is 0 Å². The number of aryl methyl sites for hydroxylation is 3. The van der Waals surface area contributed by atoms with Crippen molar-refractivity contribution >= 4 is 0 Å². The minimum atomic E-state index is -0.517. The van der Waals surface area contributed by atoms with Gasteiger partial charge in [-0.25, -0.2) is 0 Å². The van der Waals surface area contributed by atoms with E-state index in [1.807, 2.05) is 0 Å². The Hall–Kier alpha value is -0.860. The van der Waals surface area contributed by atoms with E-state index in [0.29, 0.717) is 17.8 Å². The molecule has 118 valence electrons. The van der Waals surface area contributed by atoms with Crippen LogP contribution >= 0.6 is 0 Å². The lowest BCUT2D eigenvalue weighted by atomic mass is 9.55. The first-order valence-electron chi connectivity index (χ1n) is 9.08. The van der Waals surface area contributed by atoms with Gasteiger partial charge in [0.25, 0.3) is 0 Å². The van der Waals surface area contributed by atoms with Crippen LogP contribution in [0.3, 0.4) is 0 Å². The van der Waals surface area contributed by atoms with Crippen LogP contribution in [0.4, 0.5) is 0 Å². The Morgan fingerprint density at radius 2 is 1.77 bits per heavy atom. The Labute approximate surface area is 132 Å². The fourth-order valence-electron chi connectivity index (χ4n) is 6.27. The highest BCUT2D eigenvalue weighted by Crippen LogP contribution is 2.61. The number of aliphatic hydroxyl groups excluding tert-OH is 2. The van der Waals surface area contributed by atoms with E-state index in [9.17, 15) is 10.2 Å². The SMILES string of the molecule is C[C@]12CC[C@@H]3c4cc5c(cc4CC[C@H]3[C@@H]1C[C@@H](O)[C@H]2O)CC5. The fraction of sp³-hybridized carbons (Fsp3) is 0.700. The molecule has 0 aliphatic heterocycles. The largest absolute Gasteiger partial charge is 0.390 e. The number of benzene rings is 1. The van der Waals surface area contributed by atoms with Gasteiger partial charge in [-0.15, -0.1) is 0 Å². The monoisotopic (exact) mass is 298 g/mol. The first-order valence-corrected chi connectivity index (χ1v) is 9.08. The van der Waals surface area contributed by atoms with Crippen molar-refractivity contribution in [2.45, 2.75) is 70.0 Å². The topological polar surface area (TPSA) is 40.5 Å². The standard InChI is InChI=1S/C20H26O2/c1-20-7-6-14-15(17(20)10-18(21)19(20)22)5-4-13-8-11-2-3-12(11)9-16(13)14/h8-9,14-15,17-19,21-22H,2-7,10H2,1H3/t14-,15+,17-,18+,19+,20-/m0/s1. The lowest BCUT2D eigenvalue weighted by Crippen LogP contribution is -2.45. The molecule has 0 radical (unpaired) electrons. The van der Waals surface area contributed by atoms with Gasteiger partial charge < -0.3 is 10.2 Å². The average Bonchev–Trinajstić information content (AvgIpc) is 2.72. The molecule has 2 fully saturated rings. The van der Waals surface area contributed by atoms with Gasteiger partial charge in [0, 0.05) is 0 Å². The van der Waals surface area contributed by atoms with Gasteiger partial charge in [-0.3, -0.25) is 0 Å². The van der Waals surface area contributed by atoms with Crippen LogP contribution in [0.1, 0.15) is 60.8 Å². The summed E-state index contributed by atoms with van der Waals surface area (Å²) in [5.41, 5.74) is 6.33. The highest BCUT2D eigenvalue weighted by molar-refractivity contribution is 5.46. The van der Waals surface area contributed by atoms with Crippen LogP contribution in [0.25, 0.3) is 0 Å². The third-order valence-corrected chi connectivity index (χ3v) is 7.68. The third-order valence-electron chi connectivity index (χ3n) is 7.68. The summed E-state index contributed by atoms with van der Waals surface area (Å²) in [5, 5.41) is 20.7. The Balaban J connectivity index is 1.54. The van der Waals surface area contributed by atoms with Gasteiger partial charge >= 0.3 is 0 Å². The van der Waals surface area contributed by atoms with E-state index in [2.05, 4.69) is 19.1 Å². The highest BCUT2D eigenvalue weighted by atomic mass is 16.3. The predicted octanol–water partition coefficient (Wildman–Crippen LogP) is 2.97. The van der Waals surface area contributed by atoms with Crippen molar-refractivity contribution in [1.82, 2.24) is 0 Å². The second-order valence-corrected chi connectivity index (χ2v) is 8.53. The van der Waals surface area contributed by atoms with E-state index in [1.54, 1.807) is 22.3 Å². The van der Waals surface area contributed by atoms with Crippen LogP contribution in [0.15, 0.2) is 12.1 Å². The molecule has 6 atom stereocenters. The molecular formula is C20H26O2. The van der Waals surface area contributed by atoms with Crippen molar-refractivity contribution in [2.75, 3.05) is 0 Å². The molecule has 0 spiro atoms. The maximum absolute atomic E-state index is 10.5. The van der Waals surface area contributed by atoms with Gasteiger partial charge in [-0.1, -0.05) is 19.1 Å². The lowest BCUT2D eigenvalue weighted by Gasteiger charge is -2.50. The van der Waals surface area contributed by atoms with Crippen molar-refractivity contribution in [2.24, 2.45) is 17.3 Å². The molecular weight excluding hydrogens is 272 g/mol. The lowest BCUT2D eigenvalue weighted by molar-refractivity contribution is -0.0505. The van der Waals surface area contributed by atoms with Crippen molar-refractivity contribution in [1.29, 1.82) is 0 Å². The van der Waals surface area contributed by atoms with E-state index in [4.69, 9.17) is 0 Å². The summed E-state index contributed by atoms with van der Waals surface area (Å²) in [5.74, 6) is 1.83. The van der Waals surface area contributed by atoms with E-state index < -0.39 is 12.2 Å². The third kappa shape index (κ3) is 1.58. The number of hydrogen-bond acceptors (Lipinski definition) is 2. The molecule has 1 aromatic rings. The molecule has 0 aromatic heterocycles. The molecule has 4 aliphatic carbocycles. The van der Waals surface area contributed by atoms with Gasteiger partial charge in [-0.2, -0.15) is 0 Å². The fourth-order valence-corrected chi connectivity index (χ4v) is 6.27. The summed E-state index contributed by atoms with van der Waals surface area (Å²) in [6.45, 7) is 2.22. The first-order chi connectivity index (χ1) is 10.6. The smallest absolute Gasteiger partial charge is 0.0855 e. The van der Waals surface area contributed by atoms with Crippen molar-refractivity contribution < 1.29 is 10.2 Å². The van der Waals surface area contributed by atoms with Gasteiger partial charge in [0.15, 0.2) is 0 Å². The molecule has 0 saturated heterocycles. The molecule has 5 rings (SSSR count). The number of aliphatic hydroxyl groups is 2. The van der Waals surface area contributed by atoms with Crippen LogP contribution in [0.2, 0.25) is 0 Å².